The first-order chi connectivity index (χ1) is 12.9. The predicted molar refractivity (Wildman–Crippen MR) is 96.9 cm³/mol. The van der Waals surface area contributed by atoms with E-state index < -0.39 is 23.4 Å². The van der Waals surface area contributed by atoms with E-state index in [0.29, 0.717) is 10.6 Å². The Balaban J connectivity index is 1.57. The fourth-order valence-corrected chi connectivity index (χ4v) is 3.55. The van der Waals surface area contributed by atoms with Crippen molar-refractivity contribution in [2.45, 2.75) is 44.6 Å². The summed E-state index contributed by atoms with van der Waals surface area (Å²) < 4.78 is 0. The van der Waals surface area contributed by atoms with Crippen LogP contribution in [0.4, 0.5) is 4.79 Å². The van der Waals surface area contributed by atoms with Gasteiger partial charge in [0.15, 0.2) is 0 Å². The van der Waals surface area contributed by atoms with Gasteiger partial charge in [0, 0.05) is 5.92 Å². The Morgan fingerprint density at radius 3 is 2.48 bits per heavy atom. The molecule has 3 rings (SSSR count). The predicted octanol–water partition coefficient (Wildman–Crippen LogP) is 1.18. The van der Waals surface area contributed by atoms with E-state index in [2.05, 4.69) is 16.1 Å². The third kappa shape index (κ3) is 3.94. The van der Waals surface area contributed by atoms with E-state index in [0.717, 1.165) is 32.1 Å². The molecule has 1 aromatic rings. The molecule has 0 aromatic heterocycles. The number of nitrogens with zero attached hydrogens (tertiary/aromatic N) is 1. The van der Waals surface area contributed by atoms with Crippen molar-refractivity contribution in [1.82, 2.24) is 21.1 Å². The summed E-state index contributed by atoms with van der Waals surface area (Å²) in [5, 5.41) is 5.86. The van der Waals surface area contributed by atoms with Crippen LogP contribution in [0.25, 0.3) is 0 Å². The van der Waals surface area contributed by atoms with Gasteiger partial charge in [0.05, 0.1) is 6.54 Å². The van der Waals surface area contributed by atoms with E-state index in [-0.39, 0.29) is 18.4 Å². The van der Waals surface area contributed by atoms with E-state index in [9.17, 15) is 19.2 Å². The molecule has 0 spiro atoms. The van der Waals surface area contributed by atoms with Crippen LogP contribution in [0, 0.1) is 5.92 Å². The maximum atomic E-state index is 12.7. The molecular formula is C19H24N4O4. The number of urea groups is 1. The summed E-state index contributed by atoms with van der Waals surface area (Å²) in [5.41, 5.74) is 1.64. The van der Waals surface area contributed by atoms with Gasteiger partial charge in [0.1, 0.15) is 5.54 Å². The first kappa shape index (κ1) is 18.9. The number of hydrogen-bond acceptors (Lipinski definition) is 4. The maximum absolute atomic E-state index is 12.7. The highest BCUT2D eigenvalue weighted by atomic mass is 16.2. The van der Waals surface area contributed by atoms with Gasteiger partial charge < -0.3 is 10.6 Å². The molecule has 8 nitrogen and oxygen atoms in total. The third-order valence-electron chi connectivity index (χ3n) is 5.18. The van der Waals surface area contributed by atoms with Gasteiger partial charge in [0.25, 0.3) is 11.8 Å². The monoisotopic (exact) mass is 372 g/mol. The Hall–Kier alpha value is -2.90. The zero-order valence-electron chi connectivity index (χ0n) is 15.3. The molecule has 1 saturated heterocycles. The lowest BCUT2D eigenvalue weighted by molar-refractivity contribution is -0.139. The van der Waals surface area contributed by atoms with Gasteiger partial charge in [-0.2, -0.15) is 5.01 Å². The molecule has 5 amide bonds. The molecule has 1 aliphatic carbocycles. The van der Waals surface area contributed by atoms with E-state index >= 15 is 0 Å². The summed E-state index contributed by atoms with van der Waals surface area (Å²) in [5.74, 6) is -1.42. The summed E-state index contributed by atoms with van der Waals surface area (Å²) in [6, 6.07) is 8.09. The highest BCUT2D eigenvalue weighted by Crippen LogP contribution is 2.27. The number of carbonyl (C=O) groups is 4. The highest BCUT2D eigenvalue weighted by molar-refractivity contribution is 6.08. The molecule has 2 aliphatic rings. The molecule has 0 radical (unpaired) electrons. The second-order valence-corrected chi connectivity index (χ2v) is 7.15. The minimum atomic E-state index is -1.25. The first-order valence-electron chi connectivity index (χ1n) is 9.21. The number of nitrogens with one attached hydrogen (secondary N) is 3. The van der Waals surface area contributed by atoms with Crippen LogP contribution in [0.3, 0.4) is 0 Å². The second kappa shape index (κ2) is 7.77. The van der Waals surface area contributed by atoms with Crippen molar-refractivity contribution in [3.8, 4) is 0 Å². The number of hydrazine groups is 1. The van der Waals surface area contributed by atoms with Gasteiger partial charge in [-0.25, -0.2) is 4.79 Å². The summed E-state index contributed by atoms with van der Waals surface area (Å²) in [7, 11) is 0. The summed E-state index contributed by atoms with van der Waals surface area (Å²) in [6.07, 6.45) is 4.83. The van der Waals surface area contributed by atoms with Gasteiger partial charge in [-0.15, -0.1) is 0 Å². The summed E-state index contributed by atoms with van der Waals surface area (Å²) >= 11 is 0. The molecule has 1 heterocycles. The largest absolute Gasteiger partial charge is 0.347 e. The average Bonchev–Trinajstić information content (AvgIpc) is 2.91. The zero-order chi connectivity index (χ0) is 19.4. The lowest BCUT2D eigenvalue weighted by Crippen LogP contribution is -2.51. The van der Waals surface area contributed by atoms with Crippen LogP contribution in [0.15, 0.2) is 30.3 Å². The van der Waals surface area contributed by atoms with Crippen LogP contribution in [0.2, 0.25) is 0 Å². The van der Waals surface area contributed by atoms with Crippen molar-refractivity contribution in [2.75, 3.05) is 6.54 Å². The van der Waals surface area contributed by atoms with Crippen LogP contribution in [-0.2, 0) is 19.9 Å². The smallest absolute Gasteiger partial charge is 0.344 e. The van der Waals surface area contributed by atoms with Crippen molar-refractivity contribution in [1.29, 1.82) is 0 Å². The highest BCUT2D eigenvalue weighted by Gasteiger charge is 2.49. The van der Waals surface area contributed by atoms with Gasteiger partial charge >= 0.3 is 6.03 Å². The SMILES string of the molecule is CC1(c2ccccc2)NC(=O)N(NC(=O)CNC(=O)C2CCCCC2)C1=O. The molecule has 0 bridgehead atoms. The molecule has 1 aliphatic heterocycles. The quantitative estimate of drug-likeness (QED) is 0.675. The van der Waals surface area contributed by atoms with Gasteiger partial charge in [-0.1, -0.05) is 49.6 Å². The van der Waals surface area contributed by atoms with Gasteiger partial charge in [-0.3, -0.25) is 19.8 Å². The van der Waals surface area contributed by atoms with Crippen molar-refractivity contribution >= 4 is 23.8 Å². The van der Waals surface area contributed by atoms with Crippen molar-refractivity contribution < 1.29 is 19.2 Å². The van der Waals surface area contributed by atoms with E-state index in [1.54, 1.807) is 31.2 Å². The lowest BCUT2D eigenvalue weighted by atomic mass is 9.89. The molecule has 1 saturated carbocycles. The summed E-state index contributed by atoms with van der Waals surface area (Å²) in [4.78, 5) is 49.1. The van der Waals surface area contributed by atoms with Crippen LogP contribution < -0.4 is 16.1 Å². The third-order valence-corrected chi connectivity index (χ3v) is 5.18. The van der Waals surface area contributed by atoms with Crippen molar-refractivity contribution in [3.05, 3.63) is 35.9 Å². The summed E-state index contributed by atoms with van der Waals surface area (Å²) in [6.45, 7) is 1.30. The Morgan fingerprint density at radius 2 is 1.81 bits per heavy atom. The molecule has 27 heavy (non-hydrogen) atoms. The van der Waals surface area contributed by atoms with Crippen LogP contribution in [-0.4, -0.2) is 35.3 Å². The second-order valence-electron chi connectivity index (χ2n) is 7.15. The molecule has 1 aromatic carbocycles. The fourth-order valence-electron chi connectivity index (χ4n) is 3.55. The molecule has 3 N–H and O–H groups in total. The number of carbonyl (C=O) groups excluding carboxylic acids is 4. The topological polar surface area (TPSA) is 108 Å². The minimum Gasteiger partial charge on any atom is -0.347 e. The van der Waals surface area contributed by atoms with Crippen LogP contribution >= 0.6 is 0 Å². The Kier molecular flexibility index (Phi) is 5.43. The van der Waals surface area contributed by atoms with Crippen molar-refractivity contribution in [2.24, 2.45) is 5.92 Å². The number of imide groups is 1. The number of benzene rings is 1. The molecule has 144 valence electrons. The molecule has 2 fully saturated rings. The Labute approximate surface area is 157 Å². The number of amides is 5. The van der Waals surface area contributed by atoms with E-state index in [1.807, 2.05) is 6.07 Å². The van der Waals surface area contributed by atoms with Gasteiger partial charge in [-0.05, 0) is 25.3 Å². The van der Waals surface area contributed by atoms with Crippen molar-refractivity contribution in [3.63, 3.8) is 0 Å². The number of hydrogen-bond donors (Lipinski definition) is 3. The van der Waals surface area contributed by atoms with E-state index in [4.69, 9.17) is 0 Å². The lowest BCUT2D eigenvalue weighted by Gasteiger charge is -2.22. The Bertz CT molecular complexity index is 745. The first-order valence-corrected chi connectivity index (χ1v) is 9.21. The standard InChI is InChI=1S/C19H24N4O4/c1-19(14-10-6-3-7-11-14)17(26)23(18(27)21-19)22-15(24)12-20-16(25)13-8-4-2-5-9-13/h3,6-7,10-11,13H,2,4-5,8-9,12H2,1H3,(H,20,25)(H,21,27)(H,22,24). The molecule has 1 unspecified atom stereocenters. The van der Waals surface area contributed by atoms with Gasteiger partial charge in [0.2, 0.25) is 5.91 Å². The fraction of sp³-hybridized carbons (Fsp3) is 0.474. The number of rotatable bonds is 5. The molecule has 1 atom stereocenters. The minimum absolute atomic E-state index is 0.0651. The van der Waals surface area contributed by atoms with E-state index in [1.165, 1.54) is 0 Å². The van der Waals surface area contributed by atoms with Crippen LogP contribution in [0.5, 0.6) is 0 Å². The average molecular weight is 372 g/mol. The Morgan fingerprint density at radius 1 is 1.15 bits per heavy atom. The molecular weight excluding hydrogens is 348 g/mol. The maximum Gasteiger partial charge on any atom is 0.344 e. The normalized spacial score (nSPS) is 23.1. The van der Waals surface area contributed by atoms with Crippen LogP contribution in [0.1, 0.15) is 44.6 Å². The zero-order valence-corrected chi connectivity index (χ0v) is 15.3. The molecule has 8 heteroatoms.